The summed E-state index contributed by atoms with van der Waals surface area (Å²) >= 11 is 19.7. The Labute approximate surface area is 764 Å². The van der Waals surface area contributed by atoms with Gasteiger partial charge in [0.25, 0.3) is 22.5 Å². The van der Waals surface area contributed by atoms with Gasteiger partial charge in [-0.15, -0.1) is 0 Å². The number of fused-ring (bicyclic) bond motifs is 5. The summed E-state index contributed by atoms with van der Waals surface area (Å²) in [5.74, 6) is -2.17. The number of likely N-dealkylation sites (tertiary alicyclic amines) is 1. The molecule has 1 fully saturated rings. The van der Waals surface area contributed by atoms with Gasteiger partial charge in [0, 0.05) is 104 Å². The standard InChI is InChI=1S/C13H20N9O.C10H10F3NO2.C10H12N8O3.C9H9N5O3.C8H9ClN8O.C8H10N8O2.C5H9N3O3.CH5N.Cl3OP.ClH/c1-22(5-2-3-6-22)12-10-11(18-13(14)19-12)21(8-16-10)9-23-7-4-17-20-15;11-10(12,13)9(16)14-5-7-1-3-8(6-15)4-2-7;1-6(19)14-10-15-8-7(9(20)16-10)12-4-18(8)5-21-3-2-13-17-11;1-4(15)11-9-12-7-6(8(17)13-9)10-3-14(7)5(2)16;9-6-5-7(15-8(10)14-6)17(3-12-5)4-18-2-1-13-16-11;9-8-13-6-5(7(17)14-8)11-3-16(6)4-18-2-1-12-15-10;1-5(9)11-4-10-3-2-7-8-6;1-2;1-5(2,3)4;/h8H,2-7,9H2,1H3,(H2,14,18,19);1-4,15H,5-6H2,(H,14,16);4H,2-3,5H2,1H3,(H2,14,15,16,19,20);3H,1-2H3,(H2,11,12,13,15,17);3H,1-2,4H2,(H2,10,14,15);3H,1-2,4H2,(H3,9,13,14,17);2-4H2,1H3;2H2,1H3;;1H/q+1;;;;;;;;;/p-1. The number of carbonyl (C=O) groups is 5. The Morgan fingerprint density at radius 1 is 0.545 bits per heavy atom. The summed E-state index contributed by atoms with van der Waals surface area (Å²) in [6, 6.07) is 6.24. The van der Waals surface area contributed by atoms with E-state index in [4.69, 9.17) is 85.2 Å². The molecule has 0 spiro atoms. The molecule has 11 heterocycles. The maximum absolute atomic E-state index is 11.8. The highest BCUT2D eigenvalue weighted by atomic mass is 36.0. The first-order valence-electron chi connectivity index (χ1n) is 36.9. The molecule has 1 aliphatic heterocycles. The number of carbonyl (C=O) groups excluding carboxylic acids is 5. The molecule has 1 saturated heterocycles. The Kier molecular flexibility index (Phi) is 49.8. The Morgan fingerprint density at radius 2 is 0.902 bits per heavy atom. The number of alkyl halides is 3. The van der Waals surface area contributed by atoms with Gasteiger partial charge < -0.3 is 74.2 Å². The number of azide groups is 5. The van der Waals surface area contributed by atoms with E-state index in [1.807, 2.05) is 0 Å². The smallest absolute Gasteiger partial charge is 0.471 e. The fourth-order valence-electron chi connectivity index (χ4n) is 10.0. The molecular weight excluding hydrogens is 1890 g/mol. The van der Waals surface area contributed by atoms with Gasteiger partial charge in [-0.25, -0.2) is 24.9 Å². The second kappa shape index (κ2) is 58.6. The van der Waals surface area contributed by atoms with E-state index in [0.717, 1.165) is 33.5 Å². The molecule has 0 bridgehead atoms. The van der Waals surface area contributed by atoms with Crippen molar-refractivity contribution in [2.45, 2.75) is 86.8 Å². The van der Waals surface area contributed by atoms with Crippen molar-refractivity contribution in [1.82, 2.24) is 107 Å². The van der Waals surface area contributed by atoms with Crippen LogP contribution in [0.3, 0.4) is 0 Å². The van der Waals surface area contributed by atoms with Crippen LogP contribution < -0.4 is 72.5 Å². The molecule has 15 N–H and O–H groups in total. The molecule has 10 aromatic heterocycles. The number of nitrogens with zero attached hydrogens (tertiary/aromatic N) is 33. The summed E-state index contributed by atoms with van der Waals surface area (Å²) in [5.41, 5.74) is 65.1. The summed E-state index contributed by atoms with van der Waals surface area (Å²) in [6.45, 7) is 10.2. The van der Waals surface area contributed by atoms with Crippen LogP contribution in [0.15, 0.2) is 95.9 Å². The highest BCUT2D eigenvalue weighted by Gasteiger charge is 2.38. The minimum absolute atomic E-state index is 0. The topological polar surface area (TPSA) is 840 Å². The number of imidazole rings is 5. The minimum atomic E-state index is -4.86. The number of amides is 3. The van der Waals surface area contributed by atoms with Crippen molar-refractivity contribution in [2.24, 2.45) is 31.3 Å². The normalized spacial score (nSPS) is 11.3. The number of nitrogen functional groups attached to an aromatic ring is 3. The van der Waals surface area contributed by atoms with Crippen LogP contribution >= 0.6 is 50.5 Å². The van der Waals surface area contributed by atoms with Gasteiger partial charge in [0.2, 0.25) is 47.5 Å². The Bertz CT molecular complexity index is 6120. The lowest BCUT2D eigenvalue weighted by Gasteiger charge is -2.27. The number of nitrogens with one attached hydrogen (secondary N) is 6. The number of esters is 1. The summed E-state index contributed by atoms with van der Waals surface area (Å²) in [5, 5.41) is 28.8. The SMILES string of the molecule is CC(=O)Nc1nc2c(ncn2C(C)=O)c(=O)[nH]1.CC(=O)Nc1nc2c(ncn2COCCN=[N+]=[N-])c(=O)[nH]1.CC(=O)OCOCCN=[N+]=[N-].CN.C[N+]1(c2nc(N)nc3c2ncn3COCCN=[N+]=[N-])CCCC1.O=C(NCc1ccc(CO)cc1)C(F)(F)F.O=P(Cl)(Cl)Cl.[Cl-].[N-]=[N+]=NCCOCn1cnc2c(=O)[nH]c(N)nc21.[N-]=[N+]=NCCOCn1cnc2c(Cl)nc(N)nc21. The van der Waals surface area contributed by atoms with Crippen LogP contribution in [-0.4, -0.2) is 238 Å². The number of halogens is 8. The molecule has 3 amide bonds. The zero-order valence-corrected chi connectivity index (χ0v) is 74.8. The number of aromatic amines is 3. The third kappa shape index (κ3) is 39.5. The van der Waals surface area contributed by atoms with E-state index in [1.165, 1.54) is 82.0 Å². The van der Waals surface area contributed by atoms with Crippen LogP contribution in [0.5, 0.6) is 0 Å². The zero-order chi connectivity index (χ0) is 97.2. The molecule has 0 radical (unpaired) electrons. The van der Waals surface area contributed by atoms with Crippen LogP contribution in [0.4, 0.5) is 48.7 Å². The largest absolute Gasteiger partial charge is 1.00 e. The number of quaternary nitrogens is 1. The van der Waals surface area contributed by atoms with Crippen LogP contribution in [0, 0.1) is 0 Å². The Morgan fingerprint density at radius 3 is 1.30 bits per heavy atom. The first-order valence-corrected chi connectivity index (χ1v) is 41.7. The molecule has 59 nitrogen and oxygen atoms in total. The molecule has 0 unspecified atom stereocenters. The molecule has 712 valence electrons. The fourth-order valence-corrected chi connectivity index (χ4v) is 10.2. The predicted octanol–water partition coefficient (Wildman–Crippen LogP) is 4.44. The summed E-state index contributed by atoms with van der Waals surface area (Å²) in [6.07, 6.45) is 4.74. The third-order valence-corrected chi connectivity index (χ3v) is 15.7. The van der Waals surface area contributed by atoms with E-state index in [9.17, 15) is 56.1 Å². The van der Waals surface area contributed by atoms with Crippen LogP contribution in [0.1, 0.15) is 56.5 Å². The predicted molar refractivity (Wildman–Crippen MR) is 467 cm³/mol. The second-order valence-corrected chi connectivity index (χ2v) is 32.0. The average Bonchev–Trinajstić information content (AvgIpc) is 1.61. The van der Waals surface area contributed by atoms with Crippen molar-refractivity contribution in [3.63, 3.8) is 0 Å². The molecule has 1 aliphatic rings. The number of nitrogens with two attached hydrogens (primary N) is 4. The van der Waals surface area contributed by atoms with E-state index in [2.05, 4.69) is 187 Å². The van der Waals surface area contributed by atoms with Gasteiger partial charge in [-0.3, -0.25) is 95.8 Å². The average molecular weight is 1980 g/mol. The van der Waals surface area contributed by atoms with Gasteiger partial charge in [0.1, 0.15) is 38.8 Å². The van der Waals surface area contributed by atoms with Crippen LogP contribution in [0.2, 0.25) is 5.15 Å². The molecule has 0 aliphatic carbocycles. The molecule has 12 rings (SSSR count). The Balaban J connectivity index is 0.000000394. The monoisotopic (exact) mass is 1970 g/mol. The number of hydrogen-bond donors (Lipinski definition) is 11. The van der Waals surface area contributed by atoms with Crippen molar-refractivity contribution in [1.29, 1.82) is 0 Å². The minimum Gasteiger partial charge on any atom is -1.00 e. The number of aliphatic hydroxyl groups excluding tert-OH is 1. The number of ether oxygens (including phenoxy) is 6. The van der Waals surface area contributed by atoms with Crippen molar-refractivity contribution >= 4 is 172 Å². The summed E-state index contributed by atoms with van der Waals surface area (Å²) < 4.78 is 83.7. The number of anilines is 5. The first-order chi connectivity index (χ1) is 62.4. The number of benzene rings is 1. The highest BCUT2D eigenvalue weighted by molar-refractivity contribution is 8.24. The third-order valence-electron chi connectivity index (χ3n) is 15.4. The quantitative estimate of drug-likeness (QED) is 0.00329. The van der Waals surface area contributed by atoms with E-state index < -0.39 is 39.9 Å². The molecule has 11 aromatic rings. The number of aliphatic hydroxyl groups is 1. The molecule has 68 heteroatoms. The number of aromatic nitrogens is 20. The van der Waals surface area contributed by atoms with E-state index in [1.54, 1.807) is 45.0 Å². The van der Waals surface area contributed by atoms with Gasteiger partial charge in [-0.2, -0.15) is 48.1 Å². The number of rotatable bonds is 31. The fraction of sp³-hybridized carbons (Fsp3) is 0.438. The summed E-state index contributed by atoms with van der Waals surface area (Å²) in [4.78, 5) is 157. The van der Waals surface area contributed by atoms with Crippen molar-refractivity contribution < 1.29 is 87.6 Å². The zero-order valence-electron chi connectivity index (χ0n) is 70.2. The van der Waals surface area contributed by atoms with Gasteiger partial charge in [-0.1, -0.05) is 61.4 Å². The lowest BCUT2D eigenvalue weighted by molar-refractivity contribution is -0.173. The highest BCUT2D eigenvalue weighted by Crippen LogP contribution is 2.61. The molecule has 132 heavy (non-hydrogen) atoms. The van der Waals surface area contributed by atoms with Gasteiger partial charge in [-0.05, 0) is 79.6 Å². The van der Waals surface area contributed by atoms with Gasteiger partial charge in [0.05, 0.1) is 85.1 Å². The van der Waals surface area contributed by atoms with Crippen molar-refractivity contribution in [3.8, 4) is 0 Å². The number of hydrogen-bond acceptors (Lipinski definition) is 37. The molecule has 0 saturated carbocycles. The molecule has 0 atom stereocenters. The lowest BCUT2D eigenvalue weighted by Crippen LogP contribution is -3.00. The second-order valence-electron chi connectivity index (χ2n) is 25.0. The van der Waals surface area contributed by atoms with Gasteiger partial charge in [0.15, 0.2) is 62.2 Å². The van der Waals surface area contributed by atoms with Crippen molar-refractivity contribution in [3.05, 3.63) is 155 Å². The van der Waals surface area contributed by atoms with E-state index in [0.29, 0.717) is 53.3 Å². The maximum atomic E-state index is 11.8. The van der Waals surface area contributed by atoms with Crippen LogP contribution in [0.25, 0.3) is 108 Å². The summed E-state index contributed by atoms with van der Waals surface area (Å²) in [7, 11) is 3.66. The molecule has 1 aromatic carbocycles. The Hall–Kier alpha value is -14.0. The number of H-pyrrole nitrogens is 3. The van der Waals surface area contributed by atoms with E-state index >= 15 is 0 Å². The van der Waals surface area contributed by atoms with Crippen molar-refractivity contribution in [2.75, 3.05) is 128 Å². The first kappa shape index (κ1) is 112. The maximum Gasteiger partial charge on any atom is 0.471 e. The molecular formula is C64H84Cl5F3N43O16P. The van der Waals surface area contributed by atoms with Gasteiger partial charge >= 0.3 is 23.3 Å². The van der Waals surface area contributed by atoms with Crippen LogP contribution in [-0.2, 0) is 92.2 Å². The lowest BCUT2D eigenvalue weighted by atomic mass is 10.1. The van der Waals surface area contributed by atoms with E-state index in [-0.39, 0.29) is 186 Å².